The molecule has 0 saturated heterocycles. The number of aliphatic hydroxyl groups excluding tert-OH is 1. The second-order valence-corrected chi connectivity index (χ2v) is 4.40. The van der Waals surface area contributed by atoms with Crippen molar-refractivity contribution in [3.8, 4) is 0 Å². The summed E-state index contributed by atoms with van der Waals surface area (Å²) in [6, 6.07) is 6.89. The Morgan fingerprint density at radius 2 is 2.10 bits per heavy atom. The molecule has 1 amide bonds. The Kier molecular flexibility index (Phi) is 5.97. The highest BCUT2D eigenvalue weighted by Gasteiger charge is 2.27. The molecule has 0 aliphatic heterocycles. The predicted octanol–water partition coefficient (Wildman–Crippen LogP) is 1.51. The summed E-state index contributed by atoms with van der Waals surface area (Å²) < 4.78 is 35.7. The molecule has 0 aliphatic carbocycles. The number of nitrogens with one attached hydrogen (secondary N) is 2. The van der Waals surface area contributed by atoms with Gasteiger partial charge in [-0.15, -0.1) is 0 Å². The minimum absolute atomic E-state index is 0.0906. The number of carbonyl (C=O) groups excluding carboxylic acids is 1. The van der Waals surface area contributed by atoms with Crippen LogP contribution in [0.3, 0.4) is 0 Å². The third-order valence-electron chi connectivity index (χ3n) is 2.69. The Morgan fingerprint density at radius 3 is 2.70 bits per heavy atom. The fourth-order valence-corrected chi connectivity index (χ4v) is 1.59. The minimum Gasteiger partial charge on any atom is -0.392 e. The van der Waals surface area contributed by atoms with Gasteiger partial charge in [0.15, 0.2) is 0 Å². The number of hydrogen-bond acceptors (Lipinski definition) is 3. The largest absolute Gasteiger partial charge is 0.405 e. The van der Waals surface area contributed by atoms with E-state index in [-0.39, 0.29) is 19.2 Å². The first kappa shape index (κ1) is 16.5. The van der Waals surface area contributed by atoms with Crippen molar-refractivity contribution in [1.82, 2.24) is 10.6 Å². The van der Waals surface area contributed by atoms with Crippen LogP contribution in [0.25, 0.3) is 0 Å². The molecule has 1 aromatic rings. The zero-order chi connectivity index (χ0) is 15.2. The first-order chi connectivity index (χ1) is 9.31. The van der Waals surface area contributed by atoms with Crippen molar-refractivity contribution in [1.29, 1.82) is 0 Å². The highest BCUT2D eigenvalue weighted by Crippen LogP contribution is 2.14. The first-order valence-electron chi connectivity index (χ1n) is 6.08. The Balaban J connectivity index is 2.42. The molecule has 1 atom stereocenters. The lowest BCUT2D eigenvalue weighted by atomic mass is 10.1. The van der Waals surface area contributed by atoms with Crippen LogP contribution in [0.2, 0.25) is 0 Å². The fraction of sp³-hybridized carbons (Fsp3) is 0.462. The van der Waals surface area contributed by atoms with Crippen LogP contribution in [-0.4, -0.2) is 30.3 Å². The Bertz CT molecular complexity index is 449. The van der Waals surface area contributed by atoms with Gasteiger partial charge in [-0.1, -0.05) is 24.3 Å². The number of alkyl halides is 3. The lowest BCUT2D eigenvalue weighted by Gasteiger charge is -2.15. The molecule has 1 unspecified atom stereocenters. The van der Waals surface area contributed by atoms with E-state index in [2.05, 4.69) is 5.32 Å². The second kappa shape index (κ2) is 7.25. The molecule has 0 heterocycles. The highest BCUT2D eigenvalue weighted by molar-refractivity contribution is 5.78. The number of carbonyl (C=O) groups is 1. The Labute approximate surface area is 115 Å². The van der Waals surface area contributed by atoms with Crippen molar-refractivity contribution < 1.29 is 23.1 Å². The van der Waals surface area contributed by atoms with Crippen LogP contribution in [0, 0.1) is 0 Å². The SMILES string of the molecule is CC(NCC(=O)NCC(F)(F)F)c1cccc(CO)c1. The van der Waals surface area contributed by atoms with Gasteiger partial charge in [0.25, 0.3) is 0 Å². The van der Waals surface area contributed by atoms with Crippen molar-refractivity contribution in [2.45, 2.75) is 25.7 Å². The van der Waals surface area contributed by atoms with E-state index < -0.39 is 18.6 Å². The van der Waals surface area contributed by atoms with Crippen LogP contribution in [0.1, 0.15) is 24.1 Å². The van der Waals surface area contributed by atoms with Gasteiger partial charge in [-0.25, -0.2) is 0 Å². The molecule has 0 radical (unpaired) electrons. The zero-order valence-corrected chi connectivity index (χ0v) is 11.0. The molecule has 0 bridgehead atoms. The number of hydrogen-bond donors (Lipinski definition) is 3. The maximum absolute atomic E-state index is 11.9. The van der Waals surface area contributed by atoms with Gasteiger partial charge in [0.05, 0.1) is 13.2 Å². The van der Waals surface area contributed by atoms with Gasteiger partial charge < -0.3 is 15.7 Å². The molecule has 1 rings (SSSR count). The van der Waals surface area contributed by atoms with Crippen LogP contribution >= 0.6 is 0 Å². The van der Waals surface area contributed by atoms with Crippen molar-refractivity contribution in [3.05, 3.63) is 35.4 Å². The molecule has 3 N–H and O–H groups in total. The smallest absolute Gasteiger partial charge is 0.392 e. The van der Waals surface area contributed by atoms with Gasteiger partial charge in [0.2, 0.25) is 5.91 Å². The van der Waals surface area contributed by atoms with E-state index >= 15 is 0 Å². The van der Waals surface area contributed by atoms with Gasteiger partial charge in [0.1, 0.15) is 6.54 Å². The summed E-state index contributed by atoms with van der Waals surface area (Å²) in [5.74, 6) is -0.715. The quantitative estimate of drug-likeness (QED) is 0.744. The standard InChI is InChI=1S/C13H17F3N2O2/c1-9(11-4-2-3-10(5-11)7-19)17-6-12(20)18-8-13(14,15)16/h2-5,9,17,19H,6-8H2,1H3,(H,18,20). The topological polar surface area (TPSA) is 61.4 Å². The number of halogens is 3. The lowest BCUT2D eigenvalue weighted by molar-refractivity contribution is -0.137. The highest BCUT2D eigenvalue weighted by atomic mass is 19.4. The molecular weight excluding hydrogens is 273 g/mol. The summed E-state index contributed by atoms with van der Waals surface area (Å²) in [5, 5.41) is 13.6. The number of rotatable bonds is 6. The summed E-state index contributed by atoms with van der Waals surface area (Å²) in [5.41, 5.74) is 1.58. The van der Waals surface area contributed by atoms with Gasteiger partial charge in [-0.3, -0.25) is 4.79 Å². The third kappa shape index (κ3) is 6.03. The van der Waals surface area contributed by atoms with Gasteiger partial charge in [-0.05, 0) is 18.1 Å². The van der Waals surface area contributed by atoms with Crippen molar-refractivity contribution in [2.24, 2.45) is 0 Å². The molecule has 112 valence electrons. The zero-order valence-electron chi connectivity index (χ0n) is 11.0. The molecule has 0 saturated carbocycles. The van der Waals surface area contributed by atoms with Crippen LogP contribution in [-0.2, 0) is 11.4 Å². The molecule has 0 aromatic heterocycles. The number of aliphatic hydroxyl groups is 1. The summed E-state index contributed by atoms with van der Waals surface area (Å²) in [6.07, 6.45) is -4.41. The average molecular weight is 290 g/mol. The molecule has 20 heavy (non-hydrogen) atoms. The van der Waals surface area contributed by atoms with E-state index in [1.165, 1.54) is 0 Å². The van der Waals surface area contributed by atoms with E-state index in [0.29, 0.717) is 0 Å². The summed E-state index contributed by atoms with van der Waals surface area (Å²) >= 11 is 0. The summed E-state index contributed by atoms with van der Waals surface area (Å²) in [6.45, 7) is 0.155. The lowest BCUT2D eigenvalue weighted by Crippen LogP contribution is -2.39. The number of benzene rings is 1. The van der Waals surface area contributed by atoms with Crippen molar-refractivity contribution in [3.63, 3.8) is 0 Å². The normalized spacial score (nSPS) is 13.1. The molecule has 0 spiro atoms. The summed E-state index contributed by atoms with van der Waals surface area (Å²) in [4.78, 5) is 11.2. The van der Waals surface area contributed by atoms with Gasteiger partial charge in [-0.2, -0.15) is 13.2 Å². The van der Waals surface area contributed by atoms with Crippen LogP contribution in [0.4, 0.5) is 13.2 Å². The van der Waals surface area contributed by atoms with Crippen molar-refractivity contribution in [2.75, 3.05) is 13.1 Å². The third-order valence-corrected chi connectivity index (χ3v) is 2.69. The van der Waals surface area contributed by atoms with E-state index in [0.717, 1.165) is 11.1 Å². The van der Waals surface area contributed by atoms with Crippen molar-refractivity contribution >= 4 is 5.91 Å². The van der Waals surface area contributed by atoms with Gasteiger partial charge in [0, 0.05) is 6.04 Å². The van der Waals surface area contributed by atoms with Gasteiger partial charge >= 0.3 is 6.18 Å². The maximum Gasteiger partial charge on any atom is 0.405 e. The van der Waals surface area contributed by atoms with Crippen LogP contribution in [0.15, 0.2) is 24.3 Å². The van der Waals surface area contributed by atoms with E-state index in [4.69, 9.17) is 5.11 Å². The molecule has 1 aromatic carbocycles. The maximum atomic E-state index is 11.9. The van der Waals surface area contributed by atoms with E-state index in [9.17, 15) is 18.0 Å². The van der Waals surface area contributed by atoms with Crippen LogP contribution in [0.5, 0.6) is 0 Å². The summed E-state index contributed by atoms with van der Waals surface area (Å²) in [7, 11) is 0. The molecule has 0 fully saturated rings. The molecule has 7 heteroatoms. The Morgan fingerprint density at radius 1 is 1.40 bits per heavy atom. The van der Waals surface area contributed by atoms with E-state index in [1.807, 2.05) is 6.07 Å². The van der Waals surface area contributed by atoms with E-state index in [1.54, 1.807) is 30.4 Å². The van der Waals surface area contributed by atoms with Crippen LogP contribution < -0.4 is 10.6 Å². The predicted molar refractivity (Wildman–Crippen MR) is 67.8 cm³/mol. The molecular formula is C13H17F3N2O2. The second-order valence-electron chi connectivity index (χ2n) is 4.40. The first-order valence-corrected chi connectivity index (χ1v) is 6.08. The molecule has 4 nitrogen and oxygen atoms in total. The average Bonchev–Trinajstić information content (AvgIpc) is 2.41. The number of amides is 1. The Hall–Kier alpha value is -1.60. The monoisotopic (exact) mass is 290 g/mol. The molecule has 0 aliphatic rings. The fourth-order valence-electron chi connectivity index (χ4n) is 1.59. The minimum atomic E-state index is -4.41.